The van der Waals surface area contributed by atoms with Crippen molar-refractivity contribution in [3.05, 3.63) is 65.7 Å². The van der Waals surface area contributed by atoms with E-state index in [0.29, 0.717) is 12.2 Å². The lowest BCUT2D eigenvalue weighted by atomic mass is 10.2. The van der Waals surface area contributed by atoms with Crippen molar-refractivity contribution in [1.82, 2.24) is 20.6 Å². The number of H-pyrrole nitrogens is 1. The predicted molar refractivity (Wildman–Crippen MR) is 109 cm³/mol. The number of aromatic nitrogens is 2. The first kappa shape index (κ1) is 19.9. The second-order valence-electron chi connectivity index (χ2n) is 6.23. The van der Waals surface area contributed by atoms with Crippen LogP contribution in [0.1, 0.15) is 28.6 Å². The van der Waals surface area contributed by atoms with Crippen LogP contribution in [-0.4, -0.2) is 40.3 Å². The lowest BCUT2D eigenvalue weighted by Gasteiger charge is -2.16. The van der Waals surface area contributed by atoms with Crippen LogP contribution < -0.4 is 10.6 Å². The highest BCUT2D eigenvalue weighted by Crippen LogP contribution is 2.19. The highest BCUT2D eigenvalue weighted by molar-refractivity contribution is 7.98. The molecule has 8 heteroatoms. The Hall–Kier alpha value is -2.87. The van der Waals surface area contributed by atoms with E-state index >= 15 is 0 Å². The molecule has 3 N–H and O–H groups in total. The number of para-hydroxylation sites is 2. The van der Waals surface area contributed by atoms with E-state index in [0.717, 1.165) is 22.9 Å². The van der Waals surface area contributed by atoms with Crippen molar-refractivity contribution >= 4 is 34.6 Å². The van der Waals surface area contributed by atoms with Crippen molar-refractivity contribution < 1.29 is 14.0 Å². The zero-order chi connectivity index (χ0) is 19.9. The van der Waals surface area contributed by atoms with Gasteiger partial charge in [-0.05, 0) is 48.8 Å². The zero-order valence-electron chi connectivity index (χ0n) is 15.4. The Balaban J connectivity index is 1.63. The van der Waals surface area contributed by atoms with Crippen molar-refractivity contribution in [2.45, 2.75) is 12.5 Å². The van der Waals surface area contributed by atoms with Gasteiger partial charge in [-0.2, -0.15) is 11.8 Å². The molecule has 2 amide bonds. The molecule has 1 atom stereocenters. The summed E-state index contributed by atoms with van der Waals surface area (Å²) in [5.41, 5.74) is 1.91. The van der Waals surface area contributed by atoms with E-state index in [4.69, 9.17) is 0 Å². The number of aromatic amines is 1. The first-order chi connectivity index (χ1) is 13.6. The lowest BCUT2D eigenvalue weighted by molar-refractivity contribution is -0.120. The molecule has 1 unspecified atom stereocenters. The maximum Gasteiger partial charge on any atom is 0.251 e. The number of halogens is 1. The molecular formula is C20H21FN4O2S. The Morgan fingerprint density at radius 1 is 1.21 bits per heavy atom. The monoisotopic (exact) mass is 400 g/mol. The van der Waals surface area contributed by atoms with Crippen molar-refractivity contribution in [3.63, 3.8) is 0 Å². The molecule has 2 aromatic carbocycles. The van der Waals surface area contributed by atoms with E-state index in [-0.39, 0.29) is 24.1 Å². The van der Waals surface area contributed by atoms with Crippen LogP contribution in [0.4, 0.5) is 4.39 Å². The number of carbonyl (C=O) groups is 2. The number of imidazole rings is 1. The fraction of sp³-hybridized carbons (Fsp3) is 0.250. The van der Waals surface area contributed by atoms with Gasteiger partial charge in [-0.3, -0.25) is 9.59 Å². The Morgan fingerprint density at radius 3 is 2.79 bits per heavy atom. The van der Waals surface area contributed by atoms with Crippen molar-refractivity contribution in [1.29, 1.82) is 0 Å². The molecule has 3 aromatic rings. The van der Waals surface area contributed by atoms with Gasteiger partial charge in [0.2, 0.25) is 5.91 Å². The summed E-state index contributed by atoms with van der Waals surface area (Å²) in [4.78, 5) is 32.2. The molecule has 0 spiro atoms. The van der Waals surface area contributed by atoms with Crippen LogP contribution in [0.2, 0.25) is 0 Å². The quantitative estimate of drug-likeness (QED) is 0.542. The van der Waals surface area contributed by atoms with Crippen LogP contribution in [0, 0.1) is 5.82 Å². The summed E-state index contributed by atoms with van der Waals surface area (Å²) in [6.45, 7) is -0.203. The minimum atomic E-state index is -0.501. The van der Waals surface area contributed by atoms with Crippen LogP contribution in [0.5, 0.6) is 0 Å². The Kier molecular flexibility index (Phi) is 6.65. The van der Waals surface area contributed by atoms with Crippen molar-refractivity contribution in [2.75, 3.05) is 18.6 Å². The average Bonchev–Trinajstić information content (AvgIpc) is 3.13. The third-order valence-corrected chi connectivity index (χ3v) is 4.82. The Labute approximate surface area is 166 Å². The maximum absolute atomic E-state index is 13.2. The SMILES string of the molecule is CSCCC(NC(=O)CNC(=O)c1cccc(F)c1)c1nc2ccccc2[nH]1. The molecule has 3 rings (SSSR count). The lowest BCUT2D eigenvalue weighted by Crippen LogP contribution is -2.39. The summed E-state index contributed by atoms with van der Waals surface area (Å²) in [6.07, 6.45) is 2.70. The molecule has 0 aliphatic rings. The van der Waals surface area contributed by atoms with E-state index in [1.807, 2.05) is 30.5 Å². The van der Waals surface area contributed by atoms with Gasteiger partial charge in [-0.25, -0.2) is 9.37 Å². The Morgan fingerprint density at radius 2 is 2.04 bits per heavy atom. The van der Waals surface area contributed by atoms with Crippen LogP contribution >= 0.6 is 11.8 Å². The standard InChI is InChI=1S/C20H21FN4O2S/c1-28-10-9-17(19-24-15-7-2-3-8-16(15)25-19)23-18(26)12-22-20(27)13-5-4-6-14(21)11-13/h2-8,11,17H,9-10,12H2,1H3,(H,22,27)(H,23,26)(H,24,25). The van der Waals surface area contributed by atoms with Gasteiger partial charge in [0.1, 0.15) is 11.6 Å². The third kappa shape index (κ3) is 5.10. The largest absolute Gasteiger partial charge is 0.345 e. The van der Waals surface area contributed by atoms with E-state index in [2.05, 4.69) is 20.6 Å². The van der Waals surface area contributed by atoms with Crippen LogP contribution in [-0.2, 0) is 4.79 Å². The summed E-state index contributed by atoms with van der Waals surface area (Å²) in [5, 5.41) is 5.42. The minimum absolute atomic E-state index is 0.170. The molecule has 28 heavy (non-hydrogen) atoms. The minimum Gasteiger partial charge on any atom is -0.345 e. The number of amides is 2. The first-order valence-corrected chi connectivity index (χ1v) is 10.2. The van der Waals surface area contributed by atoms with Gasteiger partial charge < -0.3 is 15.6 Å². The van der Waals surface area contributed by atoms with Gasteiger partial charge in [-0.1, -0.05) is 18.2 Å². The highest BCUT2D eigenvalue weighted by atomic mass is 32.2. The van der Waals surface area contributed by atoms with E-state index in [1.54, 1.807) is 11.8 Å². The van der Waals surface area contributed by atoms with Crippen LogP contribution in [0.15, 0.2) is 48.5 Å². The number of benzene rings is 2. The van der Waals surface area contributed by atoms with Gasteiger partial charge in [0.15, 0.2) is 0 Å². The summed E-state index contributed by atoms with van der Waals surface area (Å²) >= 11 is 1.68. The topological polar surface area (TPSA) is 86.9 Å². The normalized spacial score (nSPS) is 11.9. The molecule has 146 valence electrons. The summed E-state index contributed by atoms with van der Waals surface area (Å²) in [5.74, 6) is 0.187. The molecule has 0 aliphatic carbocycles. The summed E-state index contributed by atoms with van der Waals surface area (Å²) in [6, 6.07) is 12.7. The second kappa shape index (κ2) is 9.36. The molecule has 1 heterocycles. The highest BCUT2D eigenvalue weighted by Gasteiger charge is 2.18. The smallest absolute Gasteiger partial charge is 0.251 e. The molecule has 0 saturated carbocycles. The van der Waals surface area contributed by atoms with E-state index < -0.39 is 11.7 Å². The fourth-order valence-electron chi connectivity index (χ4n) is 2.79. The maximum atomic E-state index is 13.2. The van der Waals surface area contributed by atoms with Gasteiger partial charge in [0, 0.05) is 5.56 Å². The van der Waals surface area contributed by atoms with Crippen molar-refractivity contribution in [2.24, 2.45) is 0 Å². The number of nitrogens with one attached hydrogen (secondary N) is 3. The summed E-state index contributed by atoms with van der Waals surface area (Å²) in [7, 11) is 0. The van der Waals surface area contributed by atoms with E-state index in [9.17, 15) is 14.0 Å². The average molecular weight is 400 g/mol. The molecular weight excluding hydrogens is 379 g/mol. The number of fused-ring (bicyclic) bond motifs is 1. The zero-order valence-corrected chi connectivity index (χ0v) is 16.2. The number of hydrogen-bond acceptors (Lipinski definition) is 4. The molecule has 1 aromatic heterocycles. The van der Waals surface area contributed by atoms with Gasteiger partial charge in [-0.15, -0.1) is 0 Å². The van der Waals surface area contributed by atoms with Crippen molar-refractivity contribution in [3.8, 4) is 0 Å². The summed E-state index contributed by atoms with van der Waals surface area (Å²) < 4.78 is 13.2. The molecule has 0 saturated heterocycles. The van der Waals surface area contributed by atoms with Crippen LogP contribution in [0.3, 0.4) is 0 Å². The number of thioether (sulfide) groups is 1. The second-order valence-corrected chi connectivity index (χ2v) is 7.22. The molecule has 0 fully saturated rings. The first-order valence-electron chi connectivity index (χ1n) is 8.83. The molecule has 0 bridgehead atoms. The fourth-order valence-corrected chi connectivity index (χ4v) is 3.26. The van der Waals surface area contributed by atoms with Crippen LogP contribution in [0.25, 0.3) is 11.0 Å². The molecule has 0 radical (unpaired) electrons. The van der Waals surface area contributed by atoms with Gasteiger partial charge in [0.25, 0.3) is 5.91 Å². The number of carbonyl (C=O) groups excluding carboxylic acids is 2. The predicted octanol–water partition coefficient (Wildman–Crippen LogP) is 3.04. The number of hydrogen-bond donors (Lipinski definition) is 3. The Bertz CT molecular complexity index is 943. The molecule has 6 nitrogen and oxygen atoms in total. The third-order valence-electron chi connectivity index (χ3n) is 4.18. The number of nitrogens with zero attached hydrogens (tertiary/aromatic N) is 1. The molecule has 0 aliphatic heterocycles. The number of rotatable bonds is 8. The van der Waals surface area contributed by atoms with Gasteiger partial charge >= 0.3 is 0 Å². The van der Waals surface area contributed by atoms with E-state index in [1.165, 1.54) is 18.2 Å². The van der Waals surface area contributed by atoms with Gasteiger partial charge in [0.05, 0.1) is 23.6 Å².